The number of nitrogens with zero attached hydrogens (tertiary/aromatic N) is 1. The molecule has 0 atom stereocenters. The van der Waals surface area contributed by atoms with Crippen LogP contribution in [0, 0.1) is 0 Å². The third-order valence-corrected chi connectivity index (χ3v) is 3.07. The molecule has 2 aromatic carbocycles. The number of esters is 1. The van der Waals surface area contributed by atoms with Crippen molar-refractivity contribution in [3.63, 3.8) is 0 Å². The molecule has 2 aromatic rings. The van der Waals surface area contributed by atoms with E-state index in [9.17, 15) is 4.79 Å². The topological polar surface area (TPSA) is 38.7 Å². The van der Waals surface area contributed by atoms with Crippen molar-refractivity contribution >= 4 is 12.2 Å². The minimum atomic E-state index is -0.357. The number of rotatable bonds is 6. The Morgan fingerprint density at radius 2 is 1.59 bits per heavy atom. The molecule has 22 heavy (non-hydrogen) atoms. The normalized spacial score (nSPS) is 11.4. The van der Waals surface area contributed by atoms with Gasteiger partial charge in [0.15, 0.2) is 0 Å². The van der Waals surface area contributed by atoms with Crippen LogP contribution in [0.2, 0.25) is 0 Å². The molecule has 0 amide bonds. The van der Waals surface area contributed by atoms with Crippen molar-refractivity contribution in [2.45, 2.75) is 13.0 Å². The summed E-state index contributed by atoms with van der Waals surface area (Å²) < 4.78 is 4.83. The highest BCUT2D eigenvalue weighted by atomic mass is 16.5. The van der Waals surface area contributed by atoms with Gasteiger partial charge in [-0.25, -0.2) is 4.79 Å². The number of ether oxygens (including phenoxy) is 1. The quantitative estimate of drug-likeness (QED) is 0.459. The van der Waals surface area contributed by atoms with Crippen molar-refractivity contribution in [2.75, 3.05) is 6.61 Å². The van der Waals surface area contributed by atoms with Crippen molar-refractivity contribution in [3.8, 4) is 0 Å². The van der Waals surface area contributed by atoms with Gasteiger partial charge in [0, 0.05) is 12.3 Å². The Morgan fingerprint density at radius 3 is 2.09 bits per heavy atom. The van der Waals surface area contributed by atoms with E-state index in [-0.39, 0.29) is 12.0 Å². The van der Waals surface area contributed by atoms with E-state index in [1.54, 1.807) is 19.2 Å². The summed E-state index contributed by atoms with van der Waals surface area (Å²) in [6, 6.07) is 20.0. The largest absolute Gasteiger partial charge is 0.463 e. The Kier molecular flexibility index (Phi) is 6.12. The van der Waals surface area contributed by atoms with Crippen LogP contribution >= 0.6 is 0 Å². The fourth-order valence-corrected chi connectivity index (χ4v) is 2.08. The molecule has 0 bridgehead atoms. The van der Waals surface area contributed by atoms with Gasteiger partial charge in [-0.1, -0.05) is 60.7 Å². The zero-order valence-corrected chi connectivity index (χ0v) is 12.6. The van der Waals surface area contributed by atoms with Gasteiger partial charge in [-0.15, -0.1) is 0 Å². The van der Waals surface area contributed by atoms with Crippen molar-refractivity contribution in [3.05, 3.63) is 83.9 Å². The third-order valence-electron chi connectivity index (χ3n) is 3.07. The minimum absolute atomic E-state index is 0.0887. The Morgan fingerprint density at radius 1 is 1.05 bits per heavy atom. The van der Waals surface area contributed by atoms with Crippen LogP contribution in [0.3, 0.4) is 0 Å². The number of carbonyl (C=O) groups excluding carboxylic acids is 1. The molecule has 0 aromatic heterocycles. The van der Waals surface area contributed by atoms with Gasteiger partial charge < -0.3 is 4.74 Å². The van der Waals surface area contributed by atoms with Crippen molar-refractivity contribution in [1.82, 2.24) is 0 Å². The summed E-state index contributed by atoms with van der Waals surface area (Å²) in [6.07, 6.45) is 4.62. The first-order valence-electron chi connectivity index (χ1n) is 7.27. The van der Waals surface area contributed by atoms with Crippen LogP contribution in [0.15, 0.2) is 77.8 Å². The van der Waals surface area contributed by atoms with E-state index < -0.39 is 0 Å². The Bertz CT molecular complexity index is 593. The van der Waals surface area contributed by atoms with Crippen molar-refractivity contribution in [1.29, 1.82) is 0 Å². The summed E-state index contributed by atoms with van der Waals surface area (Å²) in [7, 11) is 0. The van der Waals surface area contributed by atoms with Crippen molar-refractivity contribution < 1.29 is 9.53 Å². The van der Waals surface area contributed by atoms with Crippen LogP contribution in [0.4, 0.5) is 0 Å². The van der Waals surface area contributed by atoms with Crippen LogP contribution in [0.25, 0.3) is 0 Å². The molecule has 3 heteroatoms. The second-order valence-corrected chi connectivity index (χ2v) is 4.63. The fraction of sp³-hybridized carbons (Fsp3) is 0.158. The van der Waals surface area contributed by atoms with Crippen LogP contribution in [-0.2, 0) is 9.53 Å². The lowest BCUT2D eigenvalue weighted by Crippen LogP contribution is -2.00. The molecule has 0 N–H and O–H groups in total. The predicted octanol–water partition coefficient (Wildman–Crippen LogP) is 3.97. The number of hydrogen-bond donors (Lipinski definition) is 0. The average Bonchev–Trinajstić information content (AvgIpc) is 2.57. The van der Waals surface area contributed by atoms with Gasteiger partial charge in [0.25, 0.3) is 0 Å². The van der Waals surface area contributed by atoms with E-state index in [0.717, 1.165) is 11.1 Å². The average molecular weight is 293 g/mol. The first kappa shape index (κ1) is 15.7. The fourth-order valence-electron chi connectivity index (χ4n) is 2.08. The Balaban J connectivity index is 2.18. The van der Waals surface area contributed by atoms with E-state index >= 15 is 0 Å². The molecule has 3 nitrogen and oxygen atoms in total. The molecule has 2 rings (SSSR count). The van der Waals surface area contributed by atoms with Crippen LogP contribution < -0.4 is 0 Å². The van der Waals surface area contributed by atoms with E-state index in [4.69, 9.17) is 4.74 Å². The minimum Gasteiger partial charge on any atom is -0.463 e. The number of aliphatic imine (C=N–C) groups is 1. The maximum Gasteiger partial charge on any atom is 0.330 e. The summed E-state index contributed by atoms with van der Waals surface area (Å²) in [5.74, 6) is -0.357. The highest BCUT2D eigenvalue weighted by molar-refractivity contribution is 5.87. The lowest BCUT2D eigenvalue weighted by Gasteiger charge is -2.12. The number of benzene rings is 2. The summed E-state index contributed by atoms with van der Waals surface area (Å²) in [4.78, 5) is 15.8. The van der Waals surface area contributed by atoms with Crippen LogP contribution in [0.5, 0.6) is 0 Å². The first-order chi connectivity index (χ1) is 10.8. The van der Waals surface area contributed by atoms with E-state index in [1.165, 1.54) is 6.08 Å². The van der Waals surface area contributed by atoms with Gasteiger partial charge >= 0.3 is 5.97 Å². The lowest BCUT2D eigenvalue weighted by molar-refractivity contribution is -0.137. The molecule has 0 fully saturated rings. The molecule has 0 heterocycles. The van der Waals surface area contributed by atoms with E-state index in [2.05, 4.69) is 4.99 Å². The third kappa shape index (κ3) is 4.70. The second kappa shape index (κ2) is 8.57. The standard InChI is InChI=1S/C19H19NO2/c1-2-22-18(21)14-9-15-20-19(16-10-5-3-6-11-16)17-12-7-4-8-13-17/h3-15,19H,2H2,1H3/b14-9+,20-15?. The summed E-state index contributed by atoms with van der Waals surface area (Å²) in [6.45, 7) is 2.15. The predicted molar refractivity (Wildman–Crippen MR) is 89.0 cm³/mol. The smallest absolute Gasteiger partial charge is 0.330 e. The SMILES string of the molecule is CCOC(=O)/C=C/C=NC(c1ccccc1)c1ccccc1. The zero-order chi connectivity index (χ0) is 15.6. The molecular weight excluding hydrogens is 274 g/mol. The van der Waals surface area contributed by atoms with E-state index in [1.807, 2.05) is 60.7 Å². The summed E-state index contributed by atoms with van der Waals surface area (Å²) in [5.41, 5.74) is 2.21. The number of hydrogen-bond acceptors (Lipinski definition) is 3. The molecule has 0 saturated heterocycles. The van der Waals surface area contributed by atoms with Crippen LogP contribution in [-0.4, -0.2) is 18.8 Å². The highest BCUT2D eigenvalue weighted by Crippen LogP contribution is 2.25. The Hall–Kier alpha value is -2.68. The van der Waals surface area contributed by atoms with Gasteiger partial charge in [-0.2, -0.15) is 0 Å². The summed E-state index contributed by atoms with van der Waals surface area (Å²) in [5, 5.41) is 0. The molecule has 0 aliphatic rings. The first-order valence-corrected chi connectivity index (χ1v) is 7.27. The molecule has 0 saturated carbocycles. The molecule has 0 unspecified atom stereocenters. The summed E-state index contributed by atoms with van der Waals surface area (Å²) >= 11 is 0. The maximum absolute atomic E-state index is 11.3. The van der Waals surface area contributed by atoms with Crippen LogP contribution in [0.1, 0.15) is 24.1 Å². The van der Waals surface area contributed by atoms with E-state index in [0.29, 0.717) is 6.61 Å². The number of carbonyl (C=O) groups is 1. The molecular formula is C19H19NO2. The second-order valence-electron chi connectivity index (χ2n) is 4.63. The molecule has 0 aliphatic heterocycles. The van der Waals surface area contributed by atoms with Gasteiger partial charge in [-0.3, -0.25) is 4.99 Å². The molecule has 0 spiro atoms. The maximum atomic E-state index is 11.3. The van der Waals surface area contributed by atoms with Crippen molar-refractivity contribution in [2.24, 2.45) is 4.99 Å². The lowest BCUT2D eigenvalue weighted by atomic mass is 9.99. The Labute approximate surface area is 131 Å². The van der Waals surface area contributed by atoms with Gasteiger partial charge in [0.05, 0.1) is 12.6 Å². The monoisotopic (exact) mass is 293 g/mol. The zero-order valence-electron chi connectivity index (χ0n) is 12.6. The van der Waals surface area contributed by atoms with Gasteiger partial charge in [-0.05, 0) is 24.1 Å². The van der Waals surface area contributed by atoms with Gasteiger partial charge in [0.2, 0.25) is 0 Å². The highest BCUT2D eigenvalue weighted by Gasteiger charge is 2.10. The molecule has 0 aliphatic carbocycles. The molecule has 0 radical (unpaired) electrons. The number of allylic oxidation sites excluding steroid dienone is 1. The molecule has 112 valence electrons. The van der Waals surface area contributed by atoms with Gasteiger partial charge in [0.1, 0.15) is 0 Å².